The Labute approximate surface area is 228 Å². The average molecular weight is 536 g/mol. The van der Waals surface area contributed by atoms with Crippen molar-refractivity contribution in [3.63, 3.8) is 0 Å². The first kappa shape index (κ1) is 28.1. The number of primary amides is 1. The molecule has 4 amide bonds. The van der Waals surface area contributed by atoms with E-state index in [-0.39, 0.29) is 36.3 Å². The van der Waals surface area contributed by atoms with Gasteiger partial charge >= 0.3 is 0 Å². The number of carbonyl (C=O) groups is 4. The molecule has 4 atom stereocenters. The van der Waals surface area contributed by atoms with E-state index in [1.54, 1.807) is 19.2 Å². The second kappa shape index (κ2) is 12.3. The molecule has 0 unspecified atom stereocenters. The van der Waals surface area contributed by atoms with E-state index in [1.165, 1.54) is 26.8 Å². The summed E-state index contributed by atoms with van der Waals surface area (Å²) >= 11 is 0. The number of amides is 4. The Morgan fingerprint density at radius 1 is 0.872 bits per heavy atom. The SMILES string of the molecule is CN(C(=O)[C@@H]1CCCN1C(=O)[C@@H](N)Cc1ccc(O)cc1)[C@@H](Cc1ccccc1)C(=O)N1CCC[C@@H]1C(N)=O. The number of likely N-dealkylation sites (tertiary alicyclic amines) is 2. The van der Waals surface area contributed by atoms with Crippen molar-refractivity contribution in [3.05, 3.63) is 65.7 Å². The molecule has 10 heteroatoms. The number of benzene rings is 2. The Morgan fingerprint density at radius 2 is 1.44 bits per heavy atom. The van der Waals surface area contributed by atoms with Gasteiger partial charge < -0.3 is 31.3 Å². The molecule has 5 N–H and O–H groups in total. The summed E-state index contributed by atoms with van der Waals surface area (Å²) in [5.41, 5.74) is 13.5. The third-order valence-corrected chi connectivity index (χ3v) is 7.77. The zero-order valence-electron chi connectivity index (χ0n) is 22.2. The number of nitrogens with two attached hydrogens (primary N) is 2. The molecule has 2 saturated heterocycles. The molecule has 0 radical (unpaired) electrons. The fraction of sp³-hybridized carbons (Fsp3) is 0.448. The van der Waals surface area contributed by atoms with Gasteiger partial charge in [-0.15, -0.1) is 0 Å². The van der Waals surface area contributed by atoms with Crippen LogP contribution in [0.5, 0.6) is 5.75 Å². The van der Waals surface area contributed by atoms with Crippen molar-refractivity contribution in [1.29, 1.82) is 0 Å². The Morgan fingerprint density at radius 3 is 2.05 bits per heavy atom. The third-order valence-electron chi connectivity index (χ3n) is 7.77. The van der Waals surface area contributed by atoms with E-state index >= 15 is 0 Å². The van der Waals surface area contributed by atoms with Gasteiger partial charge in [-0.25, -0.2) is 0 Å². The van der Waals surface area contributed by atoms with Gasteiger partial charge in [0.1, 0.15) is 23.9 Å². The summed E-state index contributed by atoms with van der Waals surface area (Å²) in [6.07, 6.45) is 2.82. The lowest BCUT2D eigenvalue weighted by molar-refractivity contribution is -0.151. The van der Waals surface area contributed by atoms with Crippen LogP contribution in [0.3, 0.4) is 0 Å². The highest BCUT2D eigenvalue weighted by Gasteiger charge is 2.43. The van der Waals surface area contributed by atoms with Gasteiger partial charge in [-0.2, -0.15) is 0 Å². The molecule has 10 nitrogen and oxygen atoms in total. The lowest BCUT2D eigenvalue weighted by Crippen LogP contribution is -2.58. The molecule has 0 aromatic heterocycles. The lowest BCUT2D eigenvalue weighted by Gasteiger charge is -2.36. The van der Waals surface area contributed by atoms with E-state index in [1.807, 2.05) is 30.3 Å². The standard InChI is InChI=1S/C29H37N5O5/c1-32(25(18-19-7-3-2-4-8-19)29(39)33-15-5-9-23(33)26(31)36)28(38)24-10-6-16-34(24)27(37)22(30)17-20-11-13-21(35)14-12-20/h2-4,7-8,11-14,22-25,35H,5-6,9-10,15-18,30H2,1H3,(H2,31,36)/t22-,23+,24-,25-/m0/s1. The van der Waals surface area contributed by atoms with Crippen LogP contribution in [0.1, 0.15) is 36.8 Å². The van der Waals surface area contributed by atoms with E-state index in [0.29, 0.717) is 38.8 Å². The molecule has 2 aliphatic rings. The van der Waals surface area contributed by atoms with Crippen LogP contribution in [-0.2, 0) is 32.0 Å². The van der Waals surface area contributed by atoms with Crippen LogP contribution in [0.25, 0.3) is 0 Å². The third kappa shape index (κ3) is 6.39. The highest BCUT2D eigenvalue weighted by atomic mass is 16.3. The number of rotatable bonds is 9. The van der Waals surface area contributed by atoms with E-state index in [4.69, 9.17) is 11.5 Å². The normalized spacial score (nSPS) is 20.5. The summed E-state index contributed by atoms with van der Waals surface area (Å²) in [7, 11) is 1.58. The molecule has 39 heavy (non-hydrogen) atoms. The molecule has 208 valence electrons. The van der Waals surface area contributed by atoms with Crippen molar-refractivity contribution in [2.45, 2.75) is 62.7 Å². The van der Waals surface area contributed by atoms with Crippen LogP contribution in [0.4, 0.5) is 0 Å². The van der Waals surface area contributed by atoms with Gasteiger partial charge in [-0.3, -0.25) is 19.2 Å². The number of phenols is 1. The molecule has 0 bridgehead atoms. The highest BCUT2D eigenvalue weighted by Crippen LogP contribution is 2.25. The van der Waals surface area contributed by atoms with Crippen molar-refractivity contribution in [2.75, 3.05) is 20.1 Å². The largest absolute Gasteiger partial charge is 0.508 e. The number of hydrogen-bond donors (Lipinski definition) is 3. The Bertz CT molecular complexity index is 1190. The van der Waals surface area contributed by atoms with Crippen molar-refractivity contribution >= 4 is 23.6 Å². The lowest BCUT2D eigenvalue weighted by atomic mass is 10.0. The van der Waals surface area contributed by atoms with Gasteiger partial charge in [0.15, 0.2) is 0 Å². The molecule has 0 spiro atoms. The summed E-state index contributed by atoms with van der Waals surface area (Å²) in [5, 5.41) is 9.51. The Balaban J connectivity index is 1.52. The molecule has 2 heterocycles. The fourth-order valence-corrected chi connectivity index (χ4v) is 5.61. The van der Waals surface area contributed by atoms with Gasteiger partial charge in [0.25, 0.3) is 0 Å². The summed E-state index contributed by atoms with van der Waals surface area (Å²) in [6, 6.07) is 12.8. The second-order valence-corrected chi connectivity index (χ2v) is 10.4. The number of carbonyl (C=O) groups excluding carboxylic acids is 4. The van der Waals surface area contributed by atoms with Gasteiger partial charge in [0.2, 0.25) is 23.6 Å². The number of phenolic OH excluding ortho intramolecular Hbond substituents is 1. The number of nitrogens with zero attached hydrogens (tertiary/aromatic N) is 3. The van der Waals surface area contributed by atoms with Crippen LogP contribution in [0.15, 0.2) is 54.6 Å². The van der Waals surface area contributed by atoms with Gasteiger partial charge in [-0.1, -0.05) is 42.5 Å². The molecular formula is C29H37N5O5. The summed E-state index contributed by atoms with van der Waals surface area (Å²) < 4.78 is 0. The van der Waals surface area contributed by atoms with Crippen LogP contribution >= 0.6 is 0 Å². The molecule has 2 aromatic rings. The molecule has 2 aliphatic heterocycles. The quantitative estimate of drug-likeness (QED) is 0.432. The highest BCUT2D eigenvalue weighted by molar-refractivity contribution is 5.95. The van der Waals surface area contributed by atoms with E-state index in [2.05, 4.69) is 0 Å². The van der Waals surface area contributed by atoms with Crippen LogP contribution in [0.2, 0.25) is 0 Å². The zero-order chi connectivity index (χ0) is 28.1. The minimum atomic E-state index is -0.858. The molecule has 0 aliphatic carbocycles. The average Bonchev–Trinajstić information content (AvgIpc) is 3.62. The van der Waals surface area contributed by atoms with Crippen molar-refractivity contribution in [2.24, 2.45) is 11.5 Å². The molecular weight excluding hydrogens is 498 g/mol. The molecule has 4 rings (SSSR count). The second-order valence-electron chi connectivity index (χ2n) is 10.4. The van der Waals surface area contributed by atoms with Crippen LogP contribution < -0.4 is 11.5 Å². The Hall–Kier alpha value is -3.92. The fourth-order valence-electron chi connectivity index (χ4n) is 5.61. The van der Waals surface area contributed by atoms with Crippen molar-refractivity contribution < 1.29 is 24.3 Å². The predicted octanol–water partition coefficient (Wildman–Crippen LogP) is 0.799. The predicted molar refractivity (Wildman–Crippen MR) is 145 cm³/mol. The van der Waals surface area contributed by atoms with Gasteiger partial charge in [0.05, 0.1) is 6.04 Å². The summed E-state index contributed by atoms with van der Waals surface area (Å²) in [5.74, 6) is -1.41. The number of hydrogen-bond acceptors (Lipinski definition) is 6. The van der Waals surface area contributed by atoms with Crippen LogP contribution in [0, 0.1) is 0 Å². The first-order valence-corrected chi connectivity index (χ1v) is 13.4. The number of aromatic hydroxyl groups is 1. The van der Waals surface area contributed by atoms with Gasteiger partial charge in [-0.05, 0) is 55.4 Å². The van der Waals surface area contributed by atoms with E-state index < -0.39 is 30.1 Å². The molecule has 2 fully saturated rings. The molecule has 2 aromatic carbocycles. The molecule has 0 saturated carbocycles. The summed E-state index contributed by atoms with van der Waals surface area (Å²) in [6.45, 7) is 0.805. The first-order valence-electron chi connectivity index (χ1n) is 13.4. The summed E-state index contributed by atoms with van der Waals surface area (Å²) in [4.78, 5) is 57.4. The van der Waals surface area contributed by atoms with Crippen molar-refractivity contribution in [1.82, 2.24) is 14.7 Å². The smallest absolute Gasteiger partial charge is 0.246 e. The number of likely N-dealkylation sites (N-methyl/N-ethyl adjacent to an activating group) is 1. The zero-order valence-corrected chi connectivity index (χ0v) is 22.2. The Kier molecular flexibility index (Phi) is 8.86. The van der Waals surface area contributed by atoms with Gasteiger partial charge in [0, 0.05) is 26.6 Å². The maximum absolute atomic E-state index is 13.8. The maximum atomic E-state index is 13.8. The minimum absolute atomic E-state index is 0.127. The van der Waals surface area contributed by atoms with Crippen LogP contribution in [-0.4, -0.2) is 87.7 Å². The monoisotopic (exact) mass is 535 g/mol. The van der Waals surface area contributed by atoms with E-state index in [0.717, 1.165) is 11.1 Å². The maximum Gasteiger partial charge on any atom is 0.246 e. The first-order chi connectivity index (χ1) is 18.7. The topological polar surface area (TPSA) is 150 Å². The van der Waals surface area contributed by atoms with E-state index in [9.17, 15) is 24.3 Å². The van der Waals surface area contributed by atoms with Crippen molar-refractivity contribution in [3.8, 4) is 5.75 Å². The minimum Gasteiger partial charge on any atom is -0.508 e.